The second kappa shape index (κ2) is 52.2. The molecular weight excluding hydrogens is 767 g/mol. The number of rotatable bonds is 52. The first-order chi connectivity index (χ1) is 30.5. The van der Waals surface area contributed by atoms with Gasteiger partial charge in [0.1, 0.15) is 0 Å². The molecule has 0 aliphatic heterocycles. The Balaban J connectivity index is 3.42. The number of carbonyl (C=O) groups excluding carboxylic acids is 2. The molecule has 0 aromatic rings. The molecule has 2 unspecified atom stereocenters. The Kier molecular flexibility index (Phi) is 51.0. The maximum atomic E-state index is 12.5. The van der Waals surface area contributed by atoms with E-state index in [0.717, 1.165) is 44.9 Å². The van der Waals surface area contributed by atoms with Crippen molar-refractivity contribution in [1.82, 2.24) is 5.32 Å². The van der Waals surface area contributed by atoms with E-state index in [4.69, 9.17) is 4.74 Å². The van der Waals surface area contributed by atoms with E-state index in [9.17, 15) is 19.8 Å². The molecule has 0 rings (SSSR count). The SMILES string of the molecule is CCCCCCC/C=C\CCCCCCCC(=O)OCCCCCCCCCCCCCCCCCCC(=O)NC(CO)C(O)CCCCCCCCCCCCCCCCC. The van der Waals surface area contributed by atoms with E-state index in [1.54, 1.807) is 0 Å². The van der Waals surface area contributed by atoms with E-state index in [-0.39, 0.29) is 18.5 Å². The van der Waals surface area contributed by atoms with Crippen LogP contribution in [0.25, 0.3) is 0 Å². The molecule has 0 fully saturated rings. The van der Waals surface area contributed by atoms with Crippen LogP contribution in [0.3, 0.4) is 0 Å². The molecule has 0 saturated heterocycles. The third-order valence-corrected chi connectivity index (χ3v) is 13.1. The van der Waals surface area contributed by atoms with Gasteiger partial charge in [0.25, 0.3) is 0 Å². The third-order valence-electron chi connectivity index (χ3n) is 13.1. The van der Waals surface area contributed by atoms with Crippen molar-refractivity contribution in [2.75, 3.05) is 13.2 Å². The van der Waals surface area contributed by atoms with E-state index in [0.29, 0.717) is 25.9 Å². The minimum absolute atomic E-state index is 0.00486. The number of ether oxygens (including phenoxy) is 1. The molecule has 0 aromatic heterocycles. The molecule has 1 amide bonds. The predicted octanol–water partition coefficient (Wildman–Crippen LogP) is 16.9. The number of unbranched alkanes of at least 4 members (excludes halogenated alkanes) is 39. The van der Waals surface area contributed by atoms with Crippen molar-refractivity contribution >= 4 is 11.9 Å². The van der Waals surface area contributed by atoms with Crippen molar-refractivity contribution in [2.24, 2.45) is 0 Å². The zero-order chi connectivity index (χ0) is 45.1. The van der Waals surface area contributed by atoms with Gasteiger partial charge in [0.05, 0.1) is 25.4 Å². The fraction of sp³-hybridized carbons (Fsp3) is 0.929. The molecule has 0 radical (unpaired) electrons. The van der Waals surface area contributed by atoms with Gasteiger partial charge in [-0.15, -0.1) is 0 Å². The second-order valence-electron chi connectivity index (χ2n) is 19.3. The highest BCUT2D eigenvalue weighted by atomic mass is 16.5. The van der Waals surface area contributed by atoms with Gasteiger partial charge in [0, 0.05) is 12.8 Å². The average Bonchev–Trinajstić information content (AvgIpc) is 3.27. The minimum Gasteiger partial charge on any atom is -0.466 e. The first-order valence-corrected chi connectivity index (χ1v) is 27.9. The van der Waals surface area contributed by atoms with E-state index < -0.39 is 12.1 Å². The smallest absolute Gasteiger partial charge is 0.305 e. The largest absolute Gasteiger partial charge is 0.466 e. The fourth-order valence-corrected chi connectivity index (χ4v) is 8.75. The monoisotopic (exact) mass is 876 g/mol. The third kappa shape index (κ3) is 48.1. The Labute approximate surface area is 387 Å². The molecule has 0 aliphatic carbocycles. The summed E-state index contributed by atoms with van der Waals surface area (Å²) in [6.45, 7) is 4.94. The van der Waals surface area contributed by atoms with Crippen LogP contribution in [-0.4, -0.2) is 47.4 Å². The number of nitrogens with one attached hydrogen (secondary N) is 1. The van der Waals surface area contributed by atoms with Gasteiger partial charge in [-0.25, -0.2) is 0 Å². The normalized spacial score (nSPS) is 12.6. The fourth-order valence-electron chi connectivity index (χ4n) is 8.75. The van der Waals surface area contributed by atoms with Gasteiger partial charge < -0.3 is 20.3 Å². The lowest BCUT2D eigenvalue weighted by Crippen LogP contribution is -2.45. The average molecular weight is 876 g/mol. The van der Waals surface area contributed by atoms with Gasteiger partial charge in [0.15, 0.2) is 0 Å². The molecule has 0 heterocycles. The topological polar surface area (TPSA) is 95.9 Å². The van der Waals surface area contributed by atoms with Gasteiger partial charge in [-0.1, -0.05) is 257 Å². The number of hydrogen-bond donors (Lipinski definition) is 3. The Morgan fingerprint density at radius 1 is 0.435 bits per heavy atom. The number of hydrogen-bond acceptors (Lipinski definition) is 5. The zero-order valence-electron chi connectivity index (χ0n) is 41.9. The van der Waals surface area contributed by atoms with Gasteiger partial charge in [-0.2, -0.15) is 0 Å². The van der Waals surface area contributed by atoms with Crippen LogP contribution < -0.4 is 5.32 Å². The van der Waals surface area contributed by atoms with Gasteiger partial charge in [-0.05, 0) is 51.4 Å². The number of aliphatic hydroxyl groups excluding tert-OH is 2. The Bertz CT molecular complexity index is 924. The summed E-state index contributed by atoms with van der Waals surface area (Å²) >= 11 is 0. The highest BCUT2D eigenvalue weighted by Crippen LogP contribution is 2.17. The number of aliphatic hydroxyl groups is 2. The summed E-state index contributed by atoms with van der Waals surface area (Å²) in [5.41, 5.74) is 0. The molecule has 6 nitrogen and oxygen atoms in total. The summed E-state index contributed by atoms with van der Waals surface area (Å²) < 4.78 is 5.47. The van der Waals surface area contributed by atoms with Crippen LogP contribution in [0.15, 0.2) is 12.2 Å². The van der Waals surface area contributed by atoms with Gasteiger partial charge in [-0.3, -0.25) is 9.59 Å². The van der Waals surface area contributed by atoms with Crippen molar-refractivity contribution in [2.45, 2.75) is 321 Å². The van der Waals surface area contributed by atoms with Crippen LogP contribution in [0.4, 0.5) is 0 Å². The zero-order valence-corrected chi connectivity index (χ0v) is 41.9. The van der Waals surface area contributed by atoms with Crippen LogP contribution >= 0.6 is 0 Å². The second-order valence-corrected chi connectivity index (χ2v) is 19.3. The number of carbonyl (C=O) groups is 2. The molecule has 3 N–H and O–H groups in total. The first kappa shape index (κ1) is 60.6. The van der Waals surface area contributed by atoms with Crippen molar-refractivity contribution < 1.29 is 24.5 Å². The molecule has 6 heteroatoms. The summed E-state index contributed by atoms with van der Waals surface area (Å²) in [6, 6.07) is -0.546. The molecule has 2 atom stereocenters. The molecular formula is C56H109NO5. The highest BCUT2D eigenvalue weighted by molar-refractivity contribution is 5.76. The van der Waals surface area contributed by atoms with E-state index in [1.165, 1.54) is 231 Å². The predicted molar refractivity (Wildman–Crippen MR) is 269 cm³/mol. The van der Waals surface area contributed by atoms with E-state index >= 15 is 0 Å². The van der Waals surface area contributed by atoms with Crippen LogP contribution in [0.1, 0.15) is 309 Å². The number of allylic oxidation sites excluding steroid dienone is 2. The van der Waals surface area contributed by atoms with Crippen molar-refractivity contribution in [1.29, 1.82) is 0 Å². The van der Waals surface area contributed by atoms with Crippen LogP contribution in [0.5, 0.6) is 0 Å². The Morgan fingerprint density at radius 3 is 1.15 bits per heavy atom. The quantitative estimate of drug-likeness (QED) is 0.0321. The summed E-state index contributed by atoms with van der Waals surface area (Å²) in [5, 5.41) is 23.3. The van der Waals surface area contributed by atoms with Gasteiger partial charge >= 0.3 is 5.97 Å². The molecule has 0 aliphatic rings. The van der Waals surface area contributed by atoms with E-state index in [1.807, 2.05) is 0 Å². The summed E-state index contributed by atoms with van der Waals surface area (Å²) in [6.07, 6.45) is 60.4. The lowest BCUT2D eigenvalue weighted by atomic mass is 10.0. The van der Waals surface area contributed by atoms with Gasteiger partial charge in [0.2, 0.25) is 5.91 Å². The van der Waals surface area contributed by atoms with Crippen molar-refractivity contribution in [3.63, 3.8) is 0 Å². The molecule has 0 spiro atoms. The van der Waals surface area contributed by atoms with Crippen LogP contribution in [0, 0.1) is 0 Å². The molecule has 0 saturated carbocycles. The molecule has 0 aromatic carbocycles. The van der Waals surface area contributed by atoms with Crippen LogP contribution in [0.2, 0.25) is 0 Å². The van der Waals surface area contributed by atoms with Crippen molar-refractivity contribution in [3.8, 4) is 0 Å². The highest BCUT2D eigenvalue weighted by Gasteiger charge is 2.20. The van der Waals surface area contributed by atoms with Crippen molar-refractivity contribution in [3.05, 3.63) is 12.2 Å². The Hall–Kier alpha value is -1.40. The lowest BCUT2D eigenvalue weighted by Gasteiger charge is -2.22. The number of amides is 1. The Morgan fingerprint density at radius 2 is 0.758 bits per heavy atom. The lowest BCUT2D eigenvalue weighted by molar-refractivity contribution is -0.143. The molecule has 0 bridgehead atoms. The summed E-state index contributed by atoms with van der Waals surface area (Å²) in [5.74, 6) is -0.0451. The summed E-state index contributed by atoms with van der Waals surface area (Å²) in [4.78, 5) is 24.5. The first-order valence-electron chi connectivity index (χ1n) is 27.9. The minimum atomic E-state index is -0.668. The van der Waals surface area contributed by atoms with E-state index in [2.05, 4.69) is 31.3 Å². The maximum absolute atomic E-state index is 12.5. The maximum Gasteiger partial charge on any atom is 0.305 e. The number of esters is 1. The molecule has 62 heavy (non-hydrogen) atoms. The summed E-state index contributed by atoms with van der Waals surface area (Å²) in [7, 11) is 0. The standard InChI is InChI=1S/C56H109NO5/c1-3-5-7-9-11-13-15-17-21-24-28-32-36-40-44-48-54(59)53(52-58)57-55(60)49-45-41-37-33-29-25-22-19-20-23-27-31-35-39-43-47-51-62-56(61)50-46-42-38-34-30-26-18-16-14-12-10-8-6-4-2/h16,18,53-54,58-59H,3-15,17,19-52H2,1-2H3,(H,57,60)/b18-16-. The van der Waals surface area contributed by atoms with Crippen LogP contribution in [-0.2, 0) is 14.3 Å². The molecule has 368 valence electrons.